The maximum absolute atomic E-state index is 13.2. The second kappa shape index (κ2) is 7.46. The fraction of sp³-hybridized carbons (Fsp3) is 0.529. The van der Waals surface area contributed by atoms with Crippen molar-refractivity contribution in [2.45, 2.75) is 32.7 Å². The molecule has 116 valence electrons. The van der Waals surface area contributed by atoms with Crippen molar-refractivity contribution in [2.75, 3.05) is 32.1 Å². The third-order valence-electron chi connectivity index (χ3n) is 3.87. The highest BCUT2D eigenvalue weighted by molar-refractivity contribution is 5.57. The Bertz CT molecular complexity index is 490. The van der Waals surface area contributed by atoms with E-state index in [1.165, 1.54) is 17.7 Å². The van der Waals surface area contributed by atoms with Crippen LogP contribution in [0.4, 0.5) is 10.1 Å². The number of likely N-dealkylation sites (tertiary alicyclic amines) is 1. The Morgan fingerprint density at radius 2 is 2.10 bits per heavy atom. The molecule has 1 fully saturated rings. The Hall–Kier alpha value is -1.55. The van der Waals surface area contributed by atoms with E-state index in [1.54, 1.807) is 13.2 Å². The smallest absolute Gasteiger partial charge is 0.144 e. The first kappa shape index (κ1) is 15.8. The van der Waals surface area contributed by atoms with E-state index in [-0.39, 0.29) is 5.82 Å². The number of methoxy groups -OCH3 is 1. The minimum Gasteiger partial charge on any atom is -0.494 e. The van der Waals surface area contributed by atoms with Crippen LogP contribution >= 0.6 is 0 Å². The molecule has 0 radical (unpaired) electrons. The van der Waals surface area contributed by atoms with Crippen molar-refractivity contribution in [1.82, 2.24) is 4.90 Å². The molecule has 2 rings (SSSR count). The molecule has 21 heavy (non-hydrogen) atoms. The summed E-state index contributed by atoms with van der Waals surface area (Å²) in [5, 5.41) is 3.48. The van der Waals surface area contributed by atoms with E-state index in [1.807, 2.05) is 0 Å². The average molecular weight is 292 g/mol. The lowest BCUT2D eigenvalue weighted by Gasteiger charge is -2.32. The number of anilines is 1. The number of benzene rings is 1. The Morgan fingerprint density at radius 1 is 1.38 bits per heavy atom. The summed E-state index contributed by atoms with van der Waals surface area (Å²) in [5.41, 5.74) is 2.24. The second-order valence-corrected chi connectivity index (χ2v) is 5.85. The molecule has 0 saturated carbocycles. The molecule has 1 aliphatic heterocycles. The Labute approximate surface area is 126 Å². The van der Waals surface area contributed by atoms with Crippen LogP contribution < -0.4 is 10.1 Å². The average Bonchev–Trinajstić information content (AvgIpc) is 2.48. The van der Waals surface area contributed by atoms with Crippen LogP contribution in [-0.2, 0) is 0 Å². The third-order valence-corrected chi connectivity index (χ3v) is 3.87. The van der Waals surface area contributed by atoms with Crippen molar-refractivity contribution >= 4 is 5.69 Å². The van der Waals surface area contributed by atoms with Crippen molar-refractivity contribution in [1.29, 1.82) is 0 Å². The molecule has 1 aliphatic rings. The number of hydrogen-bond acceptors (Lipinski definition) is 3. The summed E-state index contributed by atoms with van der Waals surface area (Å²) in [5.74, 6) is 0.302. The highest BCUT2D eigenvalue weighted by Gasteiger charge is 2.19. The molecule has 1 aromatic carbocycles. The number of hydrogen-bond donors (Lipinski definition) is 1. The Morgan fingerprint density at radius 3 is 2.71 bits per heavy atom. The van der Waals surface area contributed by atoms with Crippen molar-refractivity contribution in [3.05, 3.63) is 35.7 Å². The minimum absolute atomic E-state index is 0.269. The number of halogens is 1. The molecular formula is C17H25FN2O. The molecule has 0 spiro atoms. The number of ether oxygens (including phenoxy) is 1. The van der Waals surface area contributed by atoms with E-state index < -0.39 is 0 Å². The van der Waals surface area contributed by atoms with E-state index in [0.717, 1.165) is 38.2 Å². The van der Waals surface area contributed by atoms with Gasteiger partial charge in [0.15, 0.2) is 0 Å². The number of rotatable bonds is 5. The van der Waals surface area contributed by atoms with E-state index in [2.05, 4.69) is 30.1 Å². The molecule has 1 heterocycles. The molecular weight excluding hydrogens is 267 g/mol. The molecule has 0 amide bonds. The van der Waals surface area contributed by atoms with Gasteiger partial charge < -0.3 is 10.1 Å². The minimum atomic E-state index is -0.269. The molecule has 4 heteroatoms. The van der Waals surface area contributed by atoms with E-state index >= 15 is 0 Å². The maximum Gasteiger partial charge on any atom is 0.144 e. The summed E-state index contributed by atoms with van der Waals surface area (Å²) in [6.07, 6.45) is 4.46. The highest BCUT2D eigenvalue weighted by atomic mass is 19.1. The van der Waals surface area contributed by atoms with Gasteiger partial charge in [0.05, 0.1) is 12.8 Å². The molecule has 0 aliphatic carbocycles. The molecule has 0 unspecified atom stereocenters. The van der Waals surface area contributed by atoms with Crippen LogP contribution in [0.25, 0.3) is 0 Å². The first-order valence-electron chi connectivity index (χ1n) is 7.54. The fourth-order valence-electron chi connectivity index (χ4n) is 2.58. The lowest BCUT2D eigenvalue weighted by atomic mass is 10.0. The predicted octanol–water partition coefficient (Wildman–Crippen LogP) is 3.68. The topological polar surface area (TPSA) is 24.5 Å². The van der Waals surface area contributed by atoms with Crippen LogP contribution in [0.15, 0.2) is 29.8 Å². The van der Waals surface area contributed by atoms with Gasteiger partial charge >= 0.3 is 0 Å². The van der Waals surface area contributed by atoms with Gasteiger partial charge in [-0.2, -0.15) is 0 Å². The predicted molar refractivity (Wildman–Crippen MR) is 85.5 cm³/mol. The maximum atomic E-state index is 13.2. The number of allylic oxidation sites excluding steroid dienone is 1. The van der Waals surface area contributed by atoms with Crippen molar-refractivity contribution in [2.24, 2.45) is 0 Å². The molecule has 1 aromatic rings. The van der Waals surface area contributed by atoms with Crippen LogP contribution in [0.5, 0.6) is 5.75 Å². The van der Waals surface area contributed by atoms with Gasteiger partial charge in [-0.1, -0.05) is 11.6 Å². The molecule has 0 atom stereocenters. The van der Waals surface area contributed by atoms with Gasteiger partial charge in [-0.15, -0.1) is 0 Å². The summed E-state index contributed by atoms with van der Waals surface area (Å²) in [6, 6.07) is 5.07. The highest BCUT2D eigenvalue weighted by Crippen LogP contribution is 2.27. The van der Waals surface area contributed by atoms with Gasteiger partial charge in [-0.05, 0) is 38.8 Å². The largest absolute Gasteiger partial charge is 0.494 e. The fourth-order valence-corrected chi connectivity index (χ4v) is 2.58. The van der Waals surface area contributed by atoms with Crippen LogP contribution in [0.2, 0.25) is 0 Å². The summed E-state index contributed by atoms with van der Waals surface area (Å²) in [7, 11) is 1.57. The first-order valence-corrected chi connectivity index (χ1v) is 7.54. The number of nitrogens with one attached hydrogen (secondary N) is 1. The lowest BCUT2D eigenvalue weighted by Crippen LogP contribution is -2.39. The molecule has 3 nitrogen and oxygen atoms in total. The normalized spacial score (nSPS) is 16.6. The van der Waals surface area contributed by atoms with Crippen LogP contribution in [0.1, 0.15) is 26.7 Å². The molecule has 1 N–H and O–H groups in total. The quantitative estimate of drug-likeness (QED) is 0.838. The van der Waals surface area contributed by atoms with Crippen LogP contribution in [-0.4, -0.2) is 37.7 Å². The van der Waals surface area contributed by atoms with Gasteiger partial charge in [0, 0.05) is 31.7 Å². The summed E-state index contributed by atoms with van der Waals surface area (Å²) < 4.78 is 18.4. The molecule has 1 saturated heterocycles. The van der Waals surface area contributed by atoms with Gasteiger partial charge in [0.25, 0.3) is 0 Å². The number of piperidine rings is 1. The van der Waals surface area contributed by atoms with E-state index in [4.69, 9.17) is 4.74 Å². The Kier molecular flexibility index (Phi) is 5.62. The van der Waals surface area contributed by atoms with Crippen LogP contribution in [0, 0.1) is 5.82 Å². The van der Waals surface area contributed by atoms with Crippen molar-refractivity contribution in [3.8, 4) is 5.75 Å². The standard InChI is InChI=1S/C17H25FN2O/c1-13(2)6-9-20-10-7-15(8-11-20)19-16-5-4-14(18)12-17(16)21-3/h4-6,12,15,19H,7-11H2,1-3H3. The zero-order valence-electron chi connectivity index (χ0n) is 13.2. The third kappa shape index (κ3) is 4.74. The second-order valence-electron chi connectivity index (χ2n) is 5.85. The monoisotopic (exact) mass is 292 g/mol. The molecule has 0 aromatic heterocycles. The SMILES string of the molecule is COc1cc(F)ccc1NC1CCN(CC=C(C)C)CC1. The first-order chi connectivity index (χ1) is 10.1. The Balaban J connectivity index is 1.87. The summed E-state index contributed by atoms with van der Waals surface area (Å²) >= 11 is 0. The summed E-state index contributed by atoms with van der Waals surface area (Å²) in [6.45, 7) is 7.48. The van der Waals surface area contributed by atoms with E-state index in [0.29, 0.717) is 11.8 Å². The van der Waals surface area contributed by atoms with Crippen molar-refractivity contribution < 1.29 is 9.13 Å². The zero-order chi connectivity index (χ0) is 15.2. The lowest BCUT2D eigenvalue weighted by molar-refractivity contribution is 0.239. The zero-order valence-corrected chi connectivity index (χ0v) is 13.2. The van der Waals surface area contributed by atoms with Crippen LogP contribution in [0.3, 0.4) is 0 Å². The summed E-state index contributed by atoms with van der Waals surface area (Å²) in [4.78, 5) is 2.47. The number of nitrogens with zero attached hydrogens (tertiary/aromatic N) is 1. The molecule has 0 bridgehead atoms. The van der Waals surface area contributed by atoms with Gasteiger partial charge in [-0.3, -0.25) is 4.90 Å². The van der Waals surface area contributed by atoms with Gasteiger partial charge in [-0.25, -0.2) is 4.39 Å². The van der Waals surface area contributed by atoms with E-state index in [9.17, 15) is 4.39 Å². The van der Waals surface area contributed by atoms with Gasteiger partial charge in [0.1, 0.15) is 11.6 Å². The van der Waals surface area contributed by atoms with Gasteiger partial charge in [0.2, 0.25) is 0 Å². The van der Waals surface area contributed by atoms with Crippen molar-refractivity contribution in [3.63, 3.8) is 0 Å².